The molecule has 7 heteroatoms. The van der Waals surface area contributed by atoms with Gasteiger partial charge in [0.15, 0.2) is 0 Å². The second-order valence-electron chi connectivity index (χ2n) is 5.38. The van der Waals surface area contributed by atoms with Gasteiger partial charge in [-0.15, -0.1) is 12.4 Å². The topological polar surface area (TPSA) is 84.7 Å². The zero-order valence-corrected chi connectivity index (χ0v) is 14.1. The number of benzene rings is 1. The highest BCUT2D eigenvalue weighted by atomic mass is 35.5. The van der Waals surface area contributed by atoms with E-state index in [0.717, 1.165) is 37.1 Å². The second-order valence-corrected chi connectivity index (χ2v) is 5.38. The number of rotatable bonds is 6. The number of methoxy groups -OCH3 is 1. The van der Waals surface area contributed by atoms with Crippen LogP contribution in [0.1, 0.15) is 18.4 Å². The summed E-state index contributed by atoms with van der Waals surface area (Å²) in [6.07, 6.45) is 2.71. The molecular weight excluding hydrogens is 318 g/mol. The lowest BCUT2D eigenvalue weighted by Gasteiger charge is -2.25. The van der Waals surface area contributed by atoms with Gasteiger partial charge in [0.25, 0.3) is 0 Å². The zero-order chi connectivity index (χ0) is 15.9. The molecule has 1 fully saturated rings. The minimum Gasteiger partial charge on any atom is -0.496 e. The molecule has 128 valence electrons. The molecule has 0 aliphatic carbocycles. The lowest BCUT2D eigenvalue weighted by Crippen LogP contribution is -2.44. The molecule has 3 N–H and O–H groups in total. The number of para-hydroxylation sites is 1. The van der Waals surface area contributed by atoms with Gasteiger partial charge in [0.05, 0.1) is 20.2 Å². The SMILES string of the molecule is COc1ccccc1CC1CCCN1C(=O)CNC(=O)CN.Cl. The maximum atomic E-state index is 12.3. The van der Waals surface area contributed by atoms with E-state index in [0.29, 0.717) is 0 Å². The third-order valence-electron chi connectivity index (χ3n) is 3.97. The van der Waals surface area contributed by atoms with Crippen LogP contribution in [0.2, 0.25) is 0 Å². The highest BCUT2D eigenvalue weighted by Gasteiger charge is 2.29. The van der Waals surface area contributed by atoms with Crippen LogP contribution in [-0.2, 0) is 16.0 Å². The van der Waals surface area contributed by atoms with Crippen LogP contribution in [0.15, 0.2) is 24.3 Å². The molecular formula is C16H24ClN3O3. The third kappa shape index (κ3) is 5.11. The number of amides is 2. The Hall–Kier alpha value is -1.79. The van der Waals surface area contributed by atoms with Crippen molar-refractivity contribution < 1.29 is 14.3 Å². The van der Waals surface area contributed by atoms with E-state index in [1.165, 1.54) is 0 Å². The molecule has 23 heavy (non-hydrogen) atoms. The standard InChI is InChI=1S/C16H23N3O3.ClH/c1-22-14-7-3-2-5-12(14)9-13-6-4-8-19(13)16(21)11-18-15(20)10-17;/h2-3,5,7,13H,4,6,8-11,17H2,1H3,(H,18,20);1H. The summed E-state index contributed by atoms with van der Waals surface area (Å²) in [6, 6.07) is 8.01. The van der Waals surface area contributed by atoms with Crippen LogP contribution >= 0.6 is 12.4 Å². The van der Waals surface area contributed by atoms with Crippen LogP contribution < -0.4 is 15.8 Å². The zero-order valence-electron chi connectivity index (χ0n) is 13.3. The number of halogens is 1. The number of hydrogen-bond acceptors (Lipinski definition) is 4. The van der Waals surface area contributed by atoms with Crippen molar-refractivity contribution in [1.29, 1.82) is 0 Å². The van der Waals surface area contributed by atoms with Gasteiger partial charge >= 0.3 is 0 Å². The van der Waals surface area contributed by atoms with Crippen molar-refractivity contribution in [2.75, 3.05) is 26.7 Å². The van der Waals surface area contributed by atoms with Gasteiger partial charge in [-0.25, -0.2) is 0 Å². The number of nitrogens with zero attached hydrogens (tertiary/aromatic N) is 1. The Morgan fingerprint density at radius 2 is 2.13 bits per heavy atom. The first-order valence-corrected chi connectivity index (χ1v) is 7.53. The Balaban J connectivity index is 0.00000264. The summed E-state index contributed by atoms with van der Waals surface area (Å²) in [6.45, 7) is 0.646. The molecule has 1 aliphatic heterocycles. The van der Waals surface area contributed by atoms with Gasteiger partial charge in [0, 0.05) is 12.6 Å². The van der Waals surface area contributed by atoms with Crippen LogP contribution in [0.3, 0.4) is 0 Å². The molecule has 2 rings (SSSR count). The van der Waals surface area contributed by atoms with Crippen molar-refractivity contribution in [1.82, 2.24) is 10.2 Å². The third-order valence-corrected chi connectivity index (χ3v) is 3.97. The number of carbonyl (C=O) groups is 2. The summed E-state index contributed by atoms with van der Waals surface area (Å²) in [5, 5.41) is 2.54. The van der Waals surface area contributed by atoms with Crippen LogP contribution in [0.25, 0.3) is 0 Å². The molecule has 1 heterocycles. The average Bonchev–Trinajstić information content (AvgIpc) is 3.01. The molecule has 1 unspecified atom stereocenters. The molecule has 0 saturated carbocycles. The van der Waals surface area contributed by atoms with Gasteiger partial charge in [0.1, 0.15) is 5.75 Å². The normalized spacial score (nSPS) is 16.6. The summed E-state index contributed by atoms with van der Waals surface area (Å²) in [5.41, 5.74) is 6.32. The van der Waals surface area contributed by atoms with Gasteiger partial charge in [0.2, 0.25) is 11.8 Å². The fourth-order valence-corrected chi connectivity index (χ4v) is 2.85. The van der Waals surface area contributed by atoms with Gasteiger partial charge < -0.3 is 20.7 Å². The Labute approximate surface area is 142 Å². The minimum absolute atomic E-state index is 0. The maximum Gasteiger partial charge on any atom is 0.242 e. The molecule has 1 aromatic rings. The Bertz CT molecular complexity index is 539. The summed E-state index contributed by atoms with van der Waals surface area (Å²) in [7, 11) is 1.65. The lowest BCUT2D eigenvalue weighted by molar-refractivity contribution is -0.133. The molecule has 0 aromatic heterocycles. The second kappa shape index (κ2) is 9.37. The Kier molecular flexibility index (Phi) is 7.85. The minimum atomic E-state index is -0.311. The van der Waals surface area contributed by atoms with Crippen molar-refractivity contribution in [3.8, 4) is 5.75 Å². The molecule has 0 bridgehead atoms. The van der Waals surface area contributed by atoms with Crippen LogP contribution in [0, 0.1) is 0 Å². The Morgan fingerprint density at radius 1 is 1.39 bits per heavy atom. The molecule has 2 amide bonds. The van der Waals surface area contributed by atoms with Crippen LogP contribution in [0.4, 0.5) is 0 Å². The first-order valence-electron chi connectivity index (χ1n) is 7.53. The maximum absolute atomic E-state index is 12.3. The molecule has 1 atom stereocenters. The smallest absolute Gasteiger partial charge is 0.242 e. The van der Waals surface area contributed by atoms with Gasteiger partial charge in [-0.2, -0.15) is 0 Å². The molecule has 1 saturated heterocycles. The predicted molar refractivity (Wildman–Crippen MR) is 90.7 cm³/mol. The number of carbonyl (C=O) groups excluding carboxylic acids is 2. The number of likely N-dealkylation sites (tertiary alicyclic amines) is 1. The first-order chi connectivity index (χ1) is 10.7. The lowest BCUT2D eigenvalue weighted by atomic mass is 10.0. The number of nitrogens with one attached hydrogen (secondary N) is 1. The van der Waals surface area contributed by atoms with E-state index in [-0.39, 0.29) is 43.4 Å². The van der Waals surface area contributed by atoms with E-state index in [9.17, 15) is 9.59 Å². The molecule has 0 radical (unpaired) electrons. The van der Waals surface area contributed by atoms with E-state index in [1.807, 2.05) is 29.2 Å². The predicted octanol–water partition coefficient (Wildman–Crippen LogP) is 0.725. The summed E-state index contributed by atoms with van der Waals surface area (Å²) in [5.74, 6) is 0.478. The summed E-state index contributed by atoms with van der Waals surface area (Å²) in [4.78, 5) is 25.3. The monoisotopic (exact) mass is 341 g/mol. The first kappa shape index (κ1) is 19.3. The van der Waals surface area contributed by atoms with Crippen molar-refractivity contribution in [2.45, 2.75) is 25.3 Å². The molecule has 1 aromatic carbocycles. The largest absolute Gasteiger partial charge is 0.496 e. The summed E-state index contributed by atoms with van der Waals surface area (Å²) < 4.78 is 5.37. The van der Waals surface area contributed by atoms with E-state index < -0.39 is 0 Å². The van der Waals surface area contributed by atoms with Crippen LogP contribution in [-0.4, -0.2) is 49.5 Å². The molecule has 6 nitrogen and oxygen atoms in total. The quantitative estimate of drug-likeness (QED) is 0.798. The highest BCUT2D eigenvalue weighted by molar-refractivity contribution is 5.86. The van der Waals surface area contributed by atoms with E-state index in [2.05, 4.69) is 5.32 Å². The number of nitrogens with two attached hydrogens (primary N) is 1. The fourth-order valence-electron chi connectivity index (χ4n) is 2.85. The van der Waals surface area contributed by atoms with Gasteiger partial charge in [-0.05, 0) is 30.9 Å². The molecule has 0 spiro atoms. The van der Waals surface area contributed by atoms with E-state index in [4.69, 9.17) is 10.5 Å². The van der Waals surface area contributed by atoms with E-state index in [1.54, 1.807) is 7.11 Å². The summed E-state index contributed by atoms with van der Waals surface area (Å²) >= 11 is 0. The van der Waals surface area contributed by atoms with E-state index >= 15 is 0 Å². The Morgan fingerprint density at radius 3 is 2.83 bits per heavy atom. The van der Waals surface area contributed by atoms with Crippen molar-refractivity contribution in [2.24, 2.45) is 5.73 Å². The number of hydrogen-bond donors (Lipinski definition) is 2. The van der Waals surface area contributed by atoms with Crippen molar-refractivity contribution in [3.63, 3.8) is 0 Å². The van der Waals surface area contributed by atoms with Crippen molar-refractivity contribution >= 4 is 24.2 Å². The average molecular weight is 342 g/mol. The fraction of sp³-hybridized carbons (Fsp3) is 0.500. The van der Waals surface area contributed by atoms with Gasteiger partial charge in [-0.1, -0.05) is 18.2 Å². The highest BCUT2D eigenvalue weighted by Crippen LogP contribution is 2.25. The number of ether oxygens (including phenoxy) is 1. The van der Waals surface area contributed by atoms with Crippen molar-refractivity contribution in [3.05, 3.63) is 29.8 Å². The molecule has 1 aliphatic rings. The van der Waals surface area contributed by atoms with Crippen LogP contribution in [0.5, 0.6) is 5.75 Å². The van der Waals surface area contributed by atoms with Gasteiger partial charge in [-0.3, -0.25) is 9.59 Å².